The molecule has 1 atom stereocenters. The van der Waals surface area contributed by atoms with E-state index in [9.17, 15) is 9.90 Å². The normalized spacial score (nSPS) is 18.0. The molecule has 1 aliphatic rings. The maximum Gasteiger partial charge on any atom is 0.279 e. The van der Waals surface area contributed by atoms with Crippen molar-refractivity contribution in [3.63, 3.8) is 0 Å². The summed E-state index contributed by atoms with van der Waals surface area (Å²) in [5, 5.41) is 11.4. The summed E-state index contributed by atoms with van der Waals surface area (Å²) in [5.74, 6) is -0.437. The van der Waals surface area contributed by atoms with E-state index in [1.54, 1.807) is 13.1 Å². The van der Waals surface area contributed by atoms with Crippen molar-refractivity contribution in [1.82, 2.24) is 0 Å². The monoisotopic (exact) mass is 334 g/mol. The summed E-state index contributed by atoms with van der Waals surface area (Å²) < 4.78 is 0. The van der Waals surface area contributed by atoms with Gasteiger partial charge in [-0.15, -0.1) is 11.3 Å². The minimum Gasteiger partial charge on any atom is -0.364 e. The van der Waals surface area contributed by atoms with E-state index < -0.39 is 12.1 Å². The molecule has 1 amide bonds. The van der Waals surface area contributed by atoms with Gasteiger partial charge in [0.05, 0.1) is 5.71 Å². The first-order valence-corrected chi connectivity index (χ1v) is 8.13. The van der Waals surface area contributed by atoms with Crippen LogP contribution in [-0.4, -0.2) is 30.0 Å². The summed E-state index contributed by atoms with van der Waals surface area (Å²) in [7, 11) is 1.66. The van der Waals surface area contributed by atoms with Gasteiger partial charge < -0.3 is 10.0 Å². The van der Waals surface area contributed by atoms with E-state index in [1.165, 1.54) is 16.2 Å². The van der Waals surface area contributed by atoms with Crippen molar-refractivity contribution in [2.24, 2.45) is 4.99 Å². The maximum atomic E-state index is 12.2. The van der Waals surface area contributed by atoms with Crippen LogP contribution >= 0.6 is 22.9 Å². The van der Waals surface area contributed by atoms with Crippen molar-refractivity contribution in [1.29, 1.82) is 0 Å². The van der Waals surface area contributed by atoms with Crippen molar-refractivity contribution in [2.75, 3.05) is 11.9 Å². The SMILES string of the molecule is CCc1cc2c(s1)N(C)C(=O)C(O)N=C2c1ccccc1Cl. The van der Waals surface area contributed by atoms with E-state index in [0.29, 0.717) is 16.3 Å². The Morgan fingerprint density at radius 3 is 2.77 bits per heavy atom. The van der Waals surface area contributed by atoms with Crippen LogP contribution < -0.4 is 4.90 Å². The first-order valence-electron chi connectivity index (χ1n) is 6.94. The Labute approximate surface area is 137 Å². The number of amides is 1. The second-order valence-electron chi connectivity index (χ2n) is 5.01. The summed E-state index contributed by atoms with van der Waals surface area (Å²) >= 11 is 7.82. The third-order valence-corrected chi connectivity index (χ3v) is 5.29. The Morgan fingerprint density at radius 1 is 1.36 bits per heavy atom. The number of likely N-dealkylation sites (N-methyl/N-ethyl adjacent to an activating group) is 1. The first-order chi connectivity index (χ1) is 10.5. The zero-order chi connectivity index (χ0) is 15.9. The van der Waals surface area contributed by atoms with E-state index in [0.717, 1.165) is 21.9 Å². The van der Waals surface area contributed by atoms with Crippen LogP contribution in [0.3, 0.4) is 0 Å². The molecule has 4 nitrogen and oxygen atoms in total. The molecular weight excluding hydrogens is 320 g/mol. The van der Waals surface area contributed by atoms with Crippen LogP contribution in [0.25, 0.3) is 0 Å². The van der Waals surface area contributed by atoms with E-state index in [-0.39, 0.29) is 0 Å². The van der Waals surface area contributed by atoms with Crippen LogP contribution in [0.5, 0.6) is 0 Å². The second kappa shape index (κ2) is 5.83. The number of thiophene rings is 1. The van der Waals surface area contributed by atoms with Crippen molar-refractivity contribution in [3.05, 3.63) is 51.4 Å². The Kier molecular flexibility index (Phi) is 4.04. The zero-order valence-electron chi connectivity index (χ0n) is 12.2. The molecule has 3 rings (SSSR count). The molecule has 0 bridgehead atoms. The van der Waals surface area contributed by atoms with Crippen LogP contribution in [0, 0.1) is 0 Å². The minimum absolute atomic E-state index is 0.437. The largest absolute Gasteiger partial charge is 0.364 e. The average Bonchev–Trinajstić information content (AvgIpc) is 2.92. The number of aliphatic hydroxyl groups excluding tert-OH is 1. The molecule has 2 aromatic rings. The minimum atomic E-state index is -1.42. The summed E-state index contributed by atoms with van der Waals surface area (Å²) in [4.78, 5) is 19.1. The number of aryl methyl sites for hydroxylation is 1. The second-order valence-corrected chi connectivity index (χ2v) is 6.54. The topological polar surface area (TPSA) is 52.9 Å². The molecule has 0 aliphatic carbocycles. The van der Waals surface area contributed by atoms with E-state index in [4.69, 9.17) is 11.6 Å². The lowest BCUT2D eigenvalue weighted by molar-refractivity contribution is -0.125. The standard InChI is InChI=1S/C16H15ClN2O2S/c1-3-9-8-11-13(10-6-4-5-7-12(10)17)18-14(20)15(21)19(2)16(11)22-9/h4-8,14,20H,3H2,1-2H3. The van der Waals surface area contributed by atoms with Gasteiger partial charge in [-0.05, 0) is 18.6 Å². The fourth-order valence-electron chi connectivity index (χ4n) is 2.41. The summed E-state index contributed by atoms with van der Waals surface area (Å²) in [6.07, 6.45) is -0.543. The van der Waals surface area contributed by atoms with Gasteiger partial charge in [0.1, 0.15) is 5.00 Å². The number of carbonyl (C=O) groups excluding carboxylic acids is 1. The average molecular weight is 335 g/mol. The van der Waals surface area contributed by atoms with E-state index >= 15 is 0 Å². The lowest BCUT2D eigenvalue weighted by atomic mass is 10.0. The third-order valence-electron chi connectivity index (χ3n) is 3.60. The zero-order valence-corrected chi connectivity index (χ0v) is 13.8. The van der Waals surface area contributed by atoms with E-state index in [1.807, 2.05) is 24.3 Å². The number of halogens is 1. The molecule has 2 heterocycles. The number of aliphatic hydroxyl groups is 1. The van der Waals surface area contributed by atoms with Gasteiger partial charge in [-0.2, -0.15) is 0 Å². The molecule has 0 radical (unpaired) electrons. The third kappa shape index (κ3) is 2.45. The molecule has 6 heteroatoms. The molecule has 0 spiro atoms. The Balaban J connectivity index is 2.26. The van der Waals surface area contributed by atoms with Crippen LogP contribution in [0.1, 0.15) is 22.9 Å². The highest BCUT2D eigenvalue weighted by Crippen LogP contribution is 2.36. The summed E-state index contributed by atoms with van der Waals surface area (Å²) in [6, 6.07) is 9.33. The molecule has 22 heavy (non-hydrogen) atoms. The predicted molar refractivity (Wildman–Crippen MR) is 90.2 cm³/mol. The maximum absolute atomic E-state index is 12.2. The van der Waals surface area contributed by atoms with Crippen molar-refractivity contribution < 1.29 is 9.90 Å². The summed E-state index contributed by atoms with van der Waals surface area (Å²) in [6.45, 7) is 2.06. The van der Waals surface area contributed by atoms with Gasteiger partial charge in [-0.25, -0.2) is 4.99 Å². The van der Waals surface area contributed by atoms with Gasteiger partial charge in [0.25, 0.3) is 5.91 Å². The molecule has 0 saturated heterocycles. The highest BCUT2D eigenvalue weighted by Gasteiger charge is 2.30. The van der Waals surface area contributed by atoms with Gasteiger partial charge in [-0.1, -0.05) is 36.7 Å². The Bertz CT molecular complexity index is 769. The fourth-order valence-corrected chi connectivity index (χ4v) is 3.70. The number of anilines is 1. The summed E-state index contributed by atoms with van der Waals surface area (Å²) in [5.41, 5.74) is 2.11. The number of rotatable bonds is 2. The highest BCUT2D eigenvalue weighted by atomic mass is 35.5. The number of aliphatic imine (C=N–C) groups is 1. The van der Waals surface area contributed by atoms with Crippen LogP contribution in [-0.2, 0) is 11.2 Å². The van der Waals surface area contributed by atoms with Crippen LogP contribution in [0.2, 0.25) is 5.02 Å². The molecular formula is C16H15ClN2O2S. The van der Waals surface area contributed by atoms with Crippen molar-refractivity contribution in [3.8, 4) is 0 Å². The van der Waals surface area contributed by atoms with Gasteiger partial charge in [0, 0.05) is 28.1 Å². The fraction of sp³-hybridized carbons (Fsp3) is 0.250. The van der Waals surface area contributed by atoms with Crippen molar-refractivity contribution in [2.45, 2.75) is 19.6 Å². The van der Waals surface area contributed by atoms with E-state index in [2.05, 4.69) is 11.9 Å². The molecule has 1 aromatic carbocycles. The number of fused-ring (bicyclic) bond motifs is 1. The van der Waals surface area contributed by atoms with Crippen LogP contribution in [0.4, 0.5) is 5.00 Å². The lowest BCUT2D eigenvalue weighted by Gasteiger charge is -2.15. The van der Waals surface area contributed by atoms with Gasteiger partial charge in [-0.3, -0.25) is 4.79 Å². The first kappa shape index (κ1) is 15.2. The molecule has 1 aromatic heterocycles. The quantitative estimate of drug-likeness (QED) is 0.917. The smallest absolute Gasteiger partial charge is 0.279 e. The van der Waals surface area contributed by atoms with Gasteiger partial charge >= 0.3 is 0 Å². The number of carbonyl (C=O) groups is 1. The highest BCUT2D eigenvalue weighted by molar-refractivity contribution is 7.16. The Morgan fingerprint density at radius 2 is 2.09 bits per heavy atom. The van der Waals surface area contributed by atoms with Gasteiger partial charge in [0.2, 0.25) is 6.23 Å². The number of hydrogen-bond acceptors (Lipinski definition) is 4. The van der Waals surface area contributed by atoms with Crippen LogP contribution in [0.15, 0.2) is 35.3 Å². The molecule has 0 saturated carbocycles. The number of nitrogens with zero attached hydrogens (tertiary/aromatic N) is 2. The molecule has 1 aliphatic heterocycles. The molecule has 1 N–H and O–H groups in total. The molecule has 114 valence electrons. The molecule has 1 unspecified atom stereocenters. The molecule has 0 fully saturated rings. The predicted octanol–water partition coefficient (Wildman–Crippen LogP) is 3.10. The number of hydrogen-bond donors (Lipinski definition) is 1. The number of benzene rings is 1. The van der Waals surface area contributed by atoms with Gasteiger partial charge in [0.15, 0.2) is 0 Å². The lowest BCUT2D eigenvalue weighted by Crippen LogP contribution is -2.34. The van der Waals surface area contributed by atoms with Crippen molar-refractivity contribution >= 4 is 39.6 Å². The Hall–Kier alpha value is -1.69.